The van der Waals surface area contributed by atoms with Gasteiger partial charge in [-0.2, -0.15) is 28.8 Å². The van der Waals surface area contributed by atoms with Crippen LogP contribution in [0.15, 0.2) is 90.7 Å². The van der Waals surface area contributed by atoms with Crippen LogP contribution in [0.5, 0.6) is 5.75 Å². The molecule has 0 amide bonds. The molecule has 300 valence electrons. The normalized spacial score (nSPS) is 16.1. The Hall–Kier alpha value is -2.67. The number of rotatable bonds is 8. The summed E-state index contributed by atoms with van der Waals surface area (Å²) >= 11 is 0. The molecule has 0 aromatic heterocycles. The molecule has 12 nitrogen and oxygen atoms in total. The van der Waals surface area contributed by atoms with Gasteiger partial charge in [0, 0.05) is 40.6 Å². The third-order valence-corrected chi connectivity index (χ3v) is 10.0. The Morgan fingerprint density at radius 1 is 0.897 bits per heavy atom. The van der Waals surface area contributed by atoms with E-state index in [1.807, 2.05) is 54.6 Å². The Morgan fingerprint density at radius 2 is 1.50 bits per heavy atom. The van der Waals surface area contributed by atoms with Gasteiger partial charge in [-0.3, -0.25) is 0 Å². The fraction of sp³-hybridized carbons (Fsp3) is 0.341. The van der Waals surface area contributed by atoms with Crippen molar-refractivity contribution in [1.82, 2.24) is 0 Å². The maximum Gasteiger partial charge on any atom is 1.00 e. The predicted octanol–water partition coefficient (Wildman–Crippen LogP) is 0.605. The zero-order valence-electron chi connectivity index (χ0n) is 34.8. The molecular weight excluding hydrogens is 823 g/mol. The molecule has 0 saturated heterocycles. The van der Waals surface area contributed by atoms with Gasteiger partial charge in [-0.25, -0.2) is 16.8 Å². The van der Waals surface area contributed by atoms with E-state index in [1.165, 1.54) is 16.5 Å². The summed E-state index contributed by atoms with van der Waals surface area (Å²) in [6.07, 6.45) is 10.6. The molecule has 4 aromatic rings. The molecule has 0 N–H and O–H groups in total. The maximum atomic E-state index is 12.0. The molecule has 6 rings (SSSR count). The number of anilines is 1. The number of allylic oxidation sites excluding steroid dienone is 6. The van der Waals surface area contributed by atoms with Gasteiger partial charge < -0.3 is 18.7 Å². The molecule has 0 radical (unpaired) electrons. The van der Waals surface area contributed by atoms with E-state index < -0.39 is 42.1 Å². The van der Waals surface area contributed by atoms with Gasteiger partial charge in [0.05, 0.1) is 27.7 Å². The van der Waals surface area contributed by atoms with Crippen LogP contribution < -0.4 is 68.8 Å². The van der Waals surface area contributed by atoms with Crippen LogP contribution in [0, 0.1) is 18.9 Å². The molecule has 0 fully saturated rings. The van der Waals surface area contributed by atoms with Crippen LogP contribution in [0.25, 0.3) is 21.5 Å². The van der Waals surface area contributed by atoms with Crippen LogP contribution in [0.2, 0.25) is 0 Å². The third kappa shape index (κ3) is 12.4. The molecule has 0 aliphatic carbocycles. The summed E-state index contributed by atoms with van der Waals surface area (Å²) in [4.78, 5) is 1.65. The van der Waals surface area contributed by atoms with Gasteiger partial charge in [-0.05, 0) is 67.5 Å². The summed E-state index contributed by atoms with van der Waals surface area (Å²) in [6, 6.07) is 21.5. The van der Waals surface area contributed by atoms with E-state index in [0.29, 0.717) is 18.8 Å². The van der Waals surface area contributed by atoms with Crippen LogP contribution in [0.1, 0.15) is 58.2 Å². The van der Waals surface area contributed by atoms with E-state index >= 15 is 0 Å². The van der Waals surface area contributed by atoms with Crippen molar-refractivity contribution in [3.63, 3.8) is 0 Å². The van der Waals surface area contributed by atoms with Crippen molar-refractivity contribution in [3.8, 4) is 5.75 Å². The minimum absolute atomic E-state index is 0. The van der Waals surface area contributed by atoms with Crippen molar-refractivity contribution >= 4 is 69.5 Å². The number of ether oxygens (including phenoxy) is 1. The number of nitrogens with zero attached hydrogens (tertiary/aromatic N) is 2. The van der Waals surface area contributed by atoms with Crippen LogP contribution >= 0.6 is 0 Å². The van der Waals surface area contributed by atoms with E-state index in [2.05, 4.69) is 96.5 Å². The van der Waals surface area contributed by atoms with Gasteiger partial charge in [0.2, 0.25) is 5.69 Å². The van der Waals surface area contributed by atoms with Crippen molar-refractivity contribution in [2.75, 3.05) is 30.7 Å². The van der Waals surface area contributed by atoms with Crippen LogP contribution in [-0.2, 0) is 41.7 Å². The third-order valence-electron chi connectivity index (χ3n) is 9.47. The number of hydrogen-bond donors (Lipinski definition) is 0. The van der Waals surface area contributed by atoms with Gasteiger partial charge in [-0.15, -0.1) is 29.5 Å². The summed E-state index contributed by atoms with van der Waals surface area (Å²) in [5.74, 6) is 0.720. The van der Waals surface area contributed by atoms with Crippen LogP contribution in [0.3, 0.4) is 0 Å². The summed E-state index contributed by atoms with van der Waals surface area (Å²) in [5, 5.41) is 4.38. The molecule has 2 aliphatic rings. The van der Waals surface area contributed by atoms with Gasteiger partial charge >= 0.3 is 69.7 Å². The Morgan fingerprint density at radius 3 is 2.09 bits per heavy atom. The van der Waals surface area contributed by atoms with Gasteiger partial charge in [0.25, 0.3) is 0 Å². The molecule has 4 aromatic carbocycles. The van der Waals surface area contributed by atoms with Gasteiger partial charge in [0.15, 0.2) is 5.71 Å². The van der Waals surface area contributed by atoms with E-state index in [9.17, 15) is 13.0 Å². The summed E-state index contributed by atoms with van der Waals surface area (Å²) < 4.78 is 97.3. The molecule has 0 atom stereocenters. The topological polar surface area (TPSA) is 181 Å². The summed E-state index contributed by atoms with van der Waals surface area (Å²) in [5.41, 5.74) is 6.43. The zero-order valence-corrected chi connectivity index (χ0v) is 41.2. The number of aryl methyl sites for hydroxylation is 1. The average molecular weight is 869 g/mol. The van der Waals surface area contributed by atoms with Crippen LogP contribution in [-0.4, -0.2) is 74.6 Å². The fourth-order valence-electron chi connectivity index (χ4n) is 7.47. The number of benzene rings is 4. The Bertz CT molecular complexity index is 2640. The molecule has 2 aliphatic heterocycles. The van der Waals surface area contributed by atoms with Crippen molar-refractivity contribution in [1.29, 1.82) is 0 Å². The average Bonchev–Trinajstić information content (AvgIpc) is 3.39. The Labute approximate surface area is 387 Å². The molecule has 17 heteroatoms. The van der Waals surface area contributed by atoms with Crippen molar-refractivity contribution < 1.29 is 107 Å². The zero-order chi connectivity index (χ0) is 42.0. The fourth-order valence-corrected chi connectivity index (χ4v) is 8.06. The van der Waals surface area contributed by atoms with Crippen molar-refractivity contribution in [2.45, 2.75) is 59.3 Å². The first-order valence-corrected chi connectivity index (χ1v) is 21.9. The molecule has 0 saturated carbocycles. The first-order chi connectivity index (χ1) is 25.8. The van der Waals surface area contributed by atoms with E-state index in [0.717, 1.165) is 50.3 Å². The standard InChI is InChI=1S/C40H44N2O4S.CH4O3S.2Na.O3S/c1-26(2)24-46-33-23-27(3)22-29-19-20-31-38(36(29)33)39(4,5)34(41(31)8)16-10-9-11-17-35-40(6,7)37-30-15-13-12-14-28(30)18-21-32(37)42(35)25-47(43,44)45;1-5(2,3)4;;;1-4(2)3/h9-11,13-23,26H,24-25H2,1-8H3,(H,43,44,45);1H3,(H,2,3,4);;;/q;;2*+1;/p-2. The Balaban J connectivity index is 0.000000955. The maximum absolute atomic E-state index is 12.0. The second-order valence-electron chi connectivity index (χ2n) is 15.1. The first-order valence-electron chi connectivity index (χ1n) is 17.5. The molecule has 0 unspecified atom stereocenters. The van der Waals surface area contributed by atoms with Crippen molar-refractivity contribution in [2.24, 2.45) is 5.92 Å². The largest absolute Gasteiger partial charge is 1.00 e. The quantitative estimate of drug-likeness (QED) is 0.0796. The molecule has 2 heterocycles. The second kappa shape index (κ2) is 20.3. The van der Waals surface area contributed by atoms with E-state index in [1.54, 1.807) is 4.90 Å². The monoisotopic (exact) mass is 868 g/mol. The van der Waals surface area contributed by atoms with Crippen molar-refractivity contribution in [3.05, 3.63) is 113 Å². The SMILES string of the molecule is CS(=O)(=O)[O-].Cc1cc(OCC(C)C)c2c3c(ccc2c1)[N+](C)=C(C=CC=CC=C1N(CS(=O)(=O)[O-])c2ccc4c[c-]ccc4c2C1(C)C)C3(C)C.O=S(=O)=O.[Na+].[Na+]. The minimum Gasteiger partial charge on any atom is -0.748 e. The smallest absolute Gasteiger partial charge is 0.748 e. The van der Waals surface area contributed by atoms with E-state index in [4.69, 9.17) is 30.3 Å². The molecule has 58 heavy (non-hydrogen) atoms. The van der Waals surface area contributed by atoms with E-state index in [-0.39, 0.29) is 64.5 Å². The Kier molecular flexibility index (Phi) is 18.0. The van der Waals surface area contributed by atoms with Gasteiger partial charge in [0.1, 0.15) is 28.8 Å². The van der Waals surface area contributed by atoms with Gasteiger partial charge in [-0.1, -0.05) is 52.0 Å². The predicted molar refractivity (Wildman–Crippen MR) is 217 cm³/mol. The summed E-state index contributed by atoms with van der Waals surface area (Å²) in [7, 11) is -9.46. The molecular formula is C41H46N2Na2O10S3. The summed E-state index contributed by atoms with van der Waals surface area (Å²) in [6.45, 7) is 15.8. The number of fused-ring (bicyclic) bond motifs is 6. The number of hydrogen-bond acceptors (Lipinski definition) is 11. The minimum atomic E-state index is -4.53. The second-order valence-corrected chi connectivity index (χ2v) is 18.3. The first kappa shape index (κ1) is 51.5. The van der Waals surface area contributed by atoms with Crippen LogP contribution in [0.4, 0.5) is 11.4 Å². The molecule has 0 bridgehead atoms. The molecule has 0 spiro atoms.